The van der Waals surface area contributed by atoms with E-state index in [1.54, 1.807) is 26.8 Å². The Morgan fingerprint density at radius 2 is 1.91 bits per heavy atom. The normalized spacial score (nSPS) is 17.8. The number of hydrogen-bond donors (Lipinski definition) is 0. The topological polar surface area (TPSA) is 19.4 Å². The SMILES string of the molecule is C=C1N(C)C(C(C)(F)F)=C/C(=C/C)N1c1nc(C)c(C)cc1F. The number of aromatic nitrogens is 1. The largest absolute Gasteiger partial charge is 0.329 e. The van der Waals surface area contributed by atoms with Gasteiger partial charge in [-0.3, -0.25) is 4.90 Å². The van der Waals surface area contributed by atoms with Crippen LogP contribution in [0.15, 0.2) is 42.0 Å². The predicted octanol–water partition coefficient (Wildman–Crippen LogP) is 4.50. The van der Waals surface area contributed by atoms with E-state index in [4.69, 9.17) is 0 Å². The molecule has 1 aliphatic rings. The number of pyridine rings is 1. The lowest BCUT2D eigenvalue weighted by molar-refractivity contribution is 0.0384. The van der Waals surface area contributed by atoms with Crippen molar-refractivity contribution >= 4 is 5.82 Å². The first kappa shape index (κ1) is 17.1. The molecule has 1 aromatic rings. The van der Waals surface area contributed by atoms with Crippen LogP contribution in [0, 0.1) is 19.7 Å². The summed E-state index contributed by atoms with van der Waals surface area (Å²) in [7, 11) is 1.48. The summed E-state index contributed by atoms with van der Waals surface area (Å²) in [6, 6.07) is 1.38. The second-order valence-electron chi connectivity index (χ2n) is 5.64. The maximum atomic E-state index is 14.4. The van der Waals surface area contributed by atoms with Gasteiger partial charge < -0.3 is 4.90 Å². The van der Waals surface area contributed by atoms with Crippen molar-refractivity contribution in [1.82, 2.24) is 9.88 Å². The van der Waals surface area contributed by atoms with E-state index in [1.165, 1.54) is 29.0 Å². The summed E-state index contributed by atoms with van der Waals surface area (Å²) in [6.07, 6.45) is 2.95. The van der Waals surface area contributed by atoms with Crippen LogP contribution in [0.1, 0.15) is 25.1 Å². The van der Waals surface area contributed by atoms with Crippen LogP contribution in [-0.4, -0.2) is 22.9 Å². The lowest BCUT2D eigenvalue weighted by Gasteiger charge is -2.40. The Kier molecular flexibility index (Phi) is 4.28. The van der Waals surface area contributed by atoms with Crippen molar-refractivity contribution in [3.63, 3.8) is 0 Å². The molecule has 2 rings (SSSR count). The second-order valence-corrected chi connectivity index (χ2v) is 5.64. The molecule has 0 saturated carbocycles. The van der Waals surface area contributed by atoms with Gasteiger partial charge in [0.2, 0.25) is 0 Å². The first-order valence-electron chi connectivity index (χ1n) is 7.20. The van der Waals surface area contributed by atoms with Gasteiger partial charge in [-0.2, -0.15) is 0 Å². The molecule has 1 aromatic heterocycles. The van der Waals surface area contributed by atoms with Gasteiger partial charge in [-0.05, 0) is 38.5 Å². The summed E-state index contributed by atoms with van der Waals surface area (Å²) in [6.45, 7) is 9.89. The van der Waals surface area contributed by atoms with Crippen molar-refractivity contribution in [1.29, 1.82) is 0 Å². The molecular weight excluding hydrogens is 303 g/mol. The fourth-order valence-corrected chi connectivity index (χ4v) is 2.43. The van der Waals surface area contributed by atoms with Crippen molar-refractivity contribution in [3.8, 4) is 0 Å². The van der Waals surface area contributed by atoms with Crippen LogP contribution >= 0.6 is 0 Å². The molecule has 0 spiro atoms. The maximum Gasteiger partial charge on any atom is 0.285 e. The van der Waals surface area contributed by atoms with E-state index in [1.807, 2.05) is 0 Å². The van der Waals surface area contributed by atoms with Gasteiger partial charge in [0.1, 0.15) is 5.82 Å². The molecule has 0 aliphatic carbocycles. The number of anilines is 1. The van der Waals surface area contributed by atoms with Crippen molar-refractivity contribution < 1.29 is 13.2 Å². The molecule has 0 bridgehead atoms. The van der Waals surface area contributed by atoms with Crippen LogP contribution < -0.4 is 4.90 Å². The molecule has 0 N–H and O–H groups in total. The molecule has 0 unspecified atom stereocenters. The van der Waals surface area contributed by atoms with E-state index in [2.05, 4.69) is 11.6 Å². The molecule has 0 fully saturated rings. The Morgan fingerprint density at radius 3 is 2.43 bits per heavy atom. The molecule has 1 aliphatic heterocycles. The molecule has 124 valence electrons. The van der Waals surface area contributed by atoms with E-state index < -0.39 is 11.7 Å². The van der Waals surface area contributed by atoms with Crippen LogP contribution in [-0.2, 0) is 0 Å². The van der Waals surface area contributed by atoms with E-state index in [9.17, 15) is 13.2 Å². The minimum absolute atomic E-state index is 0.0489. The smallest absolute Gasteiger partial charge is 0.285 e. The molecule has 2 heterocycles. The van der Waals surface area contributed by atoms with Gasteiger partial charge in [-0.25, -0.2) is 18.2 Å². The van der Waals surface area contributed by atoms with Crippen molar-refractivity contribution in [2.75, 3.05) is 11.9 Å². The van der Waals surface area contributed by atoms with Crippen LogP contribution in [0.2, 0.25) is 0 Å². The standard InChI is InChI=1S/C17H20F3N3/c1-7-13-9-15(17(5,19)20)22(6)12(4)23(13)16-14(18)8-10(2)11(3)21-16/h7-9H,4H2,1-3,5-6H3/b13-7-. The highest BCUT2D eigenvalue weighted by Gasteiger charge is 2.37. The molecule has 6 heteroatoms. The van der Waals surface area contributed by atoms with E-state index in [0.29, 0.717) is 11.4 Å². The summed E-state index contributed by atoms with van der Waals surface area (Å²) < 4.78 is 42.0. The number of aryl methyl sites for hydroxylation is 2. The van der Waals surface area contributed by atoms with Crippen LogP contribution in [0.5, 0.6) is 0 Å². The number of rotatable bonds is 2. The van der Waals surface area contributed by atoms with Gasteiger partial charge in [0.05, 0.1) is 5.70 Å². The Morgan fingerprint density at radius 1 is 1.30 bits per heavy atom. The molecule has 0 saturated heterocycles. The Hall–Kier alpha value is -2.24. The Bertz CT molecular complexity index is 715. The van der Waals surface area contributed by atoms with E-state index in [0.717, 1.165) is 12.5 Å². The summed E-state index contributed by atoms with van der Waals surface area (Å²) in [5.41, 5.74) is 1.60. The average molecular weight is 323 g/mol. The lowest BCUT2D eigenvalue weighted by atomic mass is 10.1. The number of halogens is 3. The zero-order valence-corrected chi connectivity index (χ0v) is 13.9. The number of nitrogens with zero attached hydrogens (tertiary/aromatic N) is 3. The fraction of sp³-hybridized carbons (Fsp3) is 0.353. The summed E-state index contributed by atoms with van der Waals surface area (Å²) in [5.74, 6) is -3.30. The summed E-state index contributed by atoms with van der Waals surface area (Å²) >= 11 is 0. The number of allylic oxidation sites excluding steroid dienone is 3. The predicted molar refractivity (Wildman–Crippen MR) is 85.5 cm³/mol. The third kappa shape index (κ3) is 2.98. The first-order valence-corrected chi connectivity index (χ1v) is 7.20. The average Bonchev–Trinajstić information content (AvgIpc) is 2.44. The van der Waals surface area contributed by atoms with Crippen LogP contribution in [0.25, 0.3) is 0 Å². The minimum atomic E-state index is -3.03. The maximum absolute atomic E-state index is 14.4. The molecule has 0 aromatic carbocycles. The van der Waals surface area contributed by atoms with Crippen molar-refractivity contribution in [3.05, 3.63) is 59.1 Å². The van der Waals surface area contributed by atoms with Crippen LogP contribution in [0.4, 0.5) is 19.0 Å². The minimum Gasteiger partial charge on any atom is -0.329 e. The van der Waals surface area contributed by atoms with Gasteiger partial charge in [-0.15, -0.1) is 0 Å². The zero-order valence-electron chi connectivity index (χ0n) is 13.9. The van der Waals surface area contributed by atoms with Gasteiger partial charge >= 0.3 is 0 Å². The number of alkyl halides is 2. The van der Waals surface area contributed by atoms with Gasteiger partial charge in [-0.1, -0.05) is 12.7 Å². The summed E-state index contributed by atoms with van der Waals surface area (Å²) in [5, 5.41) is 0. The highest BCUT2D eigenvalue weighted by atomic mass is 19.3. The highest BCUT2D eigenvalue weighted by molar-refractivity contribution is 5.60. The fourth-order valence-electron chi connectivity index (χ4n) is 2.43. The van der Waals surface area contributed by atoms with E-state index in [-0.39, 0.29) is 17.3 Å². The van der Waals surface area contributed by atoms with Crippen molar-refractivity contribution in [2.45, 2.75) is 33.6 Å². The Balaban J connectivity index is 2.63. The van der Waals surface area contributed by atoms with Crippen LogP contribution in [0.3, 0.4) is 0 Å². The first-order chi connectivity index (χ1) is 10.6. The lowest BCUT2D eigenvalue weighted by Crippen LogP contribution is -2.41. The highest BCUT2D eigenvalue weighted by Crippen LogP contribution is 2.38. The van der Waals surface area contributed by atoms with Gasteiger partial charge in [0, 0.05) is 25.4 Å². The third-order valence-corrected chi connectivity index (χ3v) is 3.91. The van der Waals surface area contributed by atoms with E-state index >= 15 is 0 Å². The zero-order chi connectivity index (χ0) is 17.5. The third-order valence-electron chi connectivity index (χ3n) is 3.91. The summed E-state index contributed by atoms with van der Waals surface area (Å²) in [4.78, 5) is 6.97. The van der Waals surface area contributed by atoms with Crippen molar-refractivity contribution in [2.24, 2.45) is 0 Å². The molecular formula is C17H20F3N3. The molecule has 0 atom stereocenters. The molecule has 23 heavy (non-hydrogen) atoms. The number of hydrogen-bond acceptors (Lipinski definition) is 3. The van der Waals surface area contributed by atoms with Gasteiger partial charge in [0.15, 0.2) is 11.6 Å². The monoisotopic (exact) mass is 323 g/mol. The molecule has 0 radical (unpaired) electrons. The molecule has 0 amide bonds. The Labute approximate surface area is 134 Å². The second kappa shape index (κ2) is 5.76. The van der Waals surface area contributed by atoms with Gasteiger partial charge in [0.25, 0.3) is 5.92 Å². The molecule has 3 nitrogen and oxygen atoms in total. The quantitative estimate of drug-likeness (QED) is 0.798.